The fourth-order valence-electron chi connectivity index (χ4n) is 1.65. The summed E-state index contributed by atoms with van der Waals surface area (Å²) in [6.07, 6.45) is 21.2. The van der Waals surface area contributed by atoms with Crippen LogP contribution in [-0.4, -0.2) is 0 Å². The van der Waals surface area contributed by atoms with E-state index in [-0.39, 0.29) is 0 Å². The number of allylic oxidation sites excluding steroid dienone is 4. The molecule has 0 aromatic carbocycles. The summed E-state index contributed by atoms with van der Waals surface area (Å²) < 4.78 is 0. The van der Waals surface area contributed by atoms with Crippen LogP contribution in [0.3, 0.4) is 0 Å². The maximum atomic E-state index is 2.33. The normalized spacial score (nSPS) is 11.9. The smallest absolute Gasteiger partial charge is 0.0169 e. The predicted octanol–water partition coefficient (Wildman–Crippen LogP) is 5.65. The Morgan fingerprint density at radius 2 is 1.40 bits per heavy atom. The van der Waals surface area contributed by atoms with Crippen LogP contribution in [0.4, 0.5) is 0 Å². The molecule has 0 heterocycles. The highest BCUT2D eigenvalue weighted by atomic mass is 13.9. The molecule has 0 unspecified atom stereocenters. The average Bonchev–Trinajstić information content (AvgIpc) is 2.26. The van der Waals surface area contributed by atoms with Gasteiger partial charge in [-0.05, 0) is 26.2 Å². The summed E-state index contributed by atoms with van der Waals surface area (Å²) >= 11 is 0. The van der Waals surface area contributed by atoms with E-state index < -0.39 is 0 Å². The van der Waals surface area contributed by atoms with E-state index in [9.17, 15) is 0 Å². The minimum atomic E-state index is 1.10. The lowest BCUT2D eigenvalue weighted by atomic mass is 10.1. The van der Waals surface area contributed by atoms with Crippen LogP contribution in [0.5, 0.6) is 0 Å². The van der Waals surface area contributed by atoms with Gasteiger partial charge in [0.15, 0.2) is 0 Å². The predicted molar refractivity (Wildman–Crippen MR) is 71.2 cm³/mol. The SMILES string of the molecule is C/C=C/CC=CCCCCCCCCC. The summed E-state index contributed by atoms with van der Waals surface area (Å²) in [5, 5.41) is 0. The Balaban J connectivity index is 3.01. The van der Waals surface area contributed by atoms with Crippen molar-refractivity contribution in [3.63, 3.8) is 0 Å². The zero-order chi connectivity index (χ0) is 11.2. The molecule has 0 aliphatic heterocycles. The first-order valence-corrected chi connectivity index (χ1v) is 6.68. The summed E-state index contributed by atoms with van der Waals surface area (Å²) in [6.45, 7) is 4.35. The highest BCUT2D eigenvalue weighted by Crippen LogP contribution is 2.08. The molecule has 0 saturated heterocycles. The molecule has 0 aliphatic carbocycles. The van der Waals surface area contributed by atoms with E-state index in [1.54, 1.807) is 0 Å². The number of hydrogen-bond acceptors (Lipinski definition) is 0. The molecule has 0 amide bonds. The first kappa shape index (κ1) is 14.5. The first-order valence-electron chi connectivity index (χ1n) is 6.68. The zero-order valence-electron chi connectivity index (χ0n) is 10.7. The van der Waals surface area contributed by atoms with Crippen LogP contribution in [0, 0.1) is 0 Å². The van der Waals surface area contributed by atoms with Gasteiger partial charge in [0.1, 0.15) is 0 Å². The third-order valence-electron chi connectivity index (χ3n) is 2.65. The molecule has 0 aromatic rings. The van der Waals surface area contributed by atoms with Gasteiger partial charge in [-0.3, -0.25) is 0 Å². The van der Waals surface area contributed by atoms with Gasteiger partial charge in [0.2, 0.25) is 0 Å². The summed E-state index contributed by atoms with van der Waals surface area (Å²) in [6, 6.07) is 0. The molecule has 0 atom stereocenters. The maximum Gasteiger partial charge on any atom is -0.0169 e. The van der Waals surface area contributed by atoms with Gasteiger partial charge in [-0.25, -0.2) is 0 Å². The Morgan fingerprint density at radius 1 is 0.733 bits per heavy atom. The van der Waals surface area contributed by atoms with E-state index in [2.05, 4.69) is 38.2 Å². The van der Waals surface area contributed by atoms with E-state index in [1.807, 2.05) is 0 Å². The molecule has 0 N–H and O–H groups in total. The number of unbranched alkanes of at least 4 members (excludes halogenated alkanes) is 7. The van der Waals surface area contributed by atoms with Gasteiger partial charge in [0.05, 0.1) is 0 Å². The van der Waals surface area contributed by atoms with Gasteiger partial charge < -0.3 is 0 Å². The van der Waals surface area contributed by atoms with Crippen LogP contribution in [0.15, 0.2) is 24.3 Å². The molecular formula is C15H28. The van der Waals surface area contributed by atoms with Crippen LogP contribution >= 0.6 is 0 Å². The quantitative estimate of drug-likeness (QED) is 0.321. The molecule has 88 valence electrons. The fourth-order valence-corrected chi connectivity index (χ4v) is 1.65. The van der Waals surface area contributed by atoms with Gasteiger partial charge in [-0.15, -0.1) is 0 Å². The zero-order valence-corrected chi connectivity index (χ0v) is 10.7. The van der Waals surface area contributed by atoms with Crippen molar-refractivity contribution in [1.29, 1.82) is 0 Å². The average molecular weight is 208 g/mol. The second kappa shape index (κ2) is 13.5. The van der Waals surface area contributed by atoms with Gasteiger partial charge in [0, 0.05) is 0 Å². The standard InChI is InChI=1S/C15H28/c1-3-5-7-9-11-13-15-14-12-10-8-6-4-2/h3,5,9,11H,4,6-8,10,12-15H2,1-2H3/b5-3+,11-9?. The number of rotatable bonds is 10. The fraction of sp³-hybridized carbons (Fsp3) is 0.733. The molecule has 0 aliphatic rings. The van der Waals surface area contributed by atoms with Gasteiger partial charge in [0.25, 0.3) is 0 Å². The summed E-state index contributed by atoms with van der Waals surface area (Å²) in [4.78, 5) is 0. The van der Waals surface area contributed by atoms with Crippen molar-refractivity contribution in [3.05, 3.63) is 24.3 Å². The van der Waals surface area contributed by atoms with Crippen LogP contribution in [0.2, 0.25) is 0 Å². The largest absolute Gasteiger partial charge is 0.0914 e. The lowest BCUT2D eigenvalue weighted by Gasteiger charge is -1.98. The first-order chi connectivity index (χ1) is 7.41. The summed E-state index contributed by atoms with van der Waals surface area (Å²) in [5.41, 5.74) is 0. The number of hydrogen-bond donors (Lipinski definition) is 0. The molecule has 0 bridgehead atoms. The molecule has 0 heteroatoms. The molecule has 15 heavy (non-hydrogen) atoms. The molecule has 0 aromatic heterocycles. The van der Waals surface area contributed by atoms with E-state index >= 15 is 0 Å². The molecule has 0 saturated carbocycles. The van der Waals surface area contributed by atoms with Crippen molar-refractivity contribution in [1.82, 2.24) is 0 Å². The monoisotopic (exact) mass is 208 g/mol. The third-order valence-corrected chi connectivity index (χ3v) is 2.65. The van der Waals surface area contributed by atoms with E-state index in [0.29, 0.717) is 0 Å². The van der Waals surface area contributed by atoms with E-state index in [0.717, 1.165) is 6.42 Å². The second-order valence-electron chi connectivity index (χ2n) is 4.19. The van der Waals surface area contributed by atoms with Crippen molar-refractivity contribution in [3.8, 4) is 0 Å². The van der Waals surface area contributed by atoms with Crippen molar-refractivity contribution in [2.45, 2.75) is 71.6 Å². The molecule has 0 nitrogen and oxygen atoms in total. The van der Waals surface area contributed by atoms with Crippen LogP contribution in [-0.2, 0) is 0 Å². The van der Waals surface area contributed by atoms with Crippen molar-refractivity contribution in [2.75, 3.05) is 0 Å². The third kappa shape index (κ3) is 13.5. The van der Waals surface area contributed by atoms with Crippen molar-refractivity contribution < 1.29 is 0 Å². The van der Waals surface area contributed by atoms with Gasteiger partial charge >= 0.3 is 0 Å². The van der Waals surface area contributed by atoms with Gasteiger partial charge in [-0.1, -0.05) is 69.8 Å². The maximum absolute atomic E-state index is 2.33. The molecule has 0 fully saturated rings. The topological polar surface area (TPSA) is 0 Å². The van der Waals surface area contributed by atoms with Crippen molar-refractivity contribution >= 4 is 0 Å². The Hall–Kier alpha value is -0.520. The van der Waals surface area contributed by atoms with Crippen LogP contribution < -0.4 is 0 Å². The van der Waals surface area contributed by atoms with Crippen LogP contribution in [0.1, 0.15) is 71.6 Å². The van der Waals surface area contributed by atoms with E-state index in [4.69, 9.17) is 0 Å². The molecule has 0 radical (unpaired) electrons. The van der Waals surface area contributed by atoms with E-state index in [1.165, 1.54) is 51.4 Å². The lowest BCUT2D eigenvalue weighted by molar-refractivity contribution is 0.592. The Kier molecular flexibility index (Phi) is 13.0. The highest BCUT2D eigenvalue weighted by molar-refractivity contribution is 4.91. The summed E-state index contributed by atoms with van der Waals surface area (Å²) in [5.74, 6) is 0. The lowest BCUT2D eigenvalue weighted by Crippen LogP contribution is -1.78. The Bertz CT molecular complexity index is 153. The minimum Gasteiger partial charge on any atom is -0.0914 e. The summed E-state index contributed by atoms with van der Waals surface area (Å²) in [7, 11) is 0. The molecule has 0 rings (SSSR count). The minimum absolute atomic E-state index is 1.10. The second-order valence-corrected chi connectivity index (χ2v) is 4.19. The van der Waals surface area contributed by atoms with Gasteiger partial charge in [-0.2, -0.15) is 0 Å². The Labute approximate surface area is 96.5 Å². The van der Waals surface area contributed by atoms with Crippen LogP contribution in [0.25, 0.3) is 0 Å². The molecule has 0 spiro atoms. The van der Waals surface area contributed by atoms with Crippen molar-refractivity contribution in [2.24, 2.45) is 0 Å². The highest BCUT2D eigenvalue weighted by Gasteiger charge is 1.88. The Morgan fingerprint density at radius 3 is 2.07 bits per heavy atom. The molecular weight excluding hydrogens is 180 g/mol.